The predicted octanol–water partition coefficient (Wildman–Crippen LogP) is 0.561. The summed E-state index contributed by atoms with van der Waals surface area (Å²) in [5, 5.41) is 13.9. The maximum Gasteiger partial charge on any atom is 0.315 e. The van der Waals surface area contributed by atoms with Gasteiger partial charge in [-0.05, 0) is 25.7 Å². The topological polar surface area (TPSA) is 78.4 Å². The third-order valence-electron chi connectivity index (χ3n) is 2.50. The van der Waals surface area contributed by atoms with E-state index in [9.17, 15) is 9.59 Å². The number of amides is 2. The molecule has 0 aromatic rings. The summed E-state index contributed by atoms with van der Waals surface area (Å²) in [4.78, 5) is 22.0. The van der Waals surface area contributed by atoms with Gasteiger partial charge in [0, 0.05) is 6.04 Å². The highest BCUT2D eigenvalue weighted by Crippen LogP contribution is 2.33. The summed E-state index contributed by atoms with van der Waals surface area (Å²) in [5.41, 5.74) is 0. The Morgan fingerprint density at radius 1 is 1.50 bits per heavy atom. The maximum absolute atomic E-state index is 11.4. The fourth-order valence-corrected chi connectivity index (χ4v) is 1.47. The Labute approximate surface area is 94.6 Å². The van der Waals surface area contributed by atoms with Crippen molar-refractivity contribution in [3.8, 4) is 12.3 Å². The zero-order valence-corrected chi connectivity index (χ0v) is 9.19. The van der Waals surface area contributed by atoms with Crippen LogP contribution >= 0.6 is 0 Å². The number of rotatable bonds is 5. The minimum absolute atomic E-state index is 0.0392. The standard InChI is InChI=1S/C11H16N2O3/c1-3-7(2)12-11(16)13-9(6-10(14)15)8-4-5-8/h1,7-9H,4-6H2,2H3,(H,14,15)(H2,12,13,16). The van der Waals surface area contributed by atoms with Crippen molar-refractivity contribution >= 4 is 12.0 Å². The van der Waals surface area contributed by atoms with E-state index in [1.165, 1.54) is 0 Å². The molecule has 1 rings (SSSR count). The number of urea groups is 1. The van der Waals surface area contributed by atoms with Crippen molar-refractivity contribution in [1.29, 1.82) is 0 Å². The van der Waals surface area contributed by atoms with Crippen molar-refractivity contribution in [2.24, 2.45) is 5.92 Å². The number of carbonyl (C=O) groups is 2. The molecule has 0 aromatic heterocycles. The Hall–Kier alpha value is -1.70. The molecule has 3 N–H and O–H groups in total. The minimum Gasteiger partial charge on any atom is -0.481 e. The Bertz CT molecular complexity index is 318. The lowest BCUT2D eigenvalue weighted by molar-refractivity contribution is -0.137. The summed E-state index contributed by atoms with van der Waals surface area (Å²) in [5.74, 6) is 1.76. The molecule has 88 valence electrons. The second kappa shape index (κ2) is 5.40. The van der Waals surface area contributed by atoms with Crippen LogP contribution in [0.2, 0.25) is 0 Å². The van der Waals surface area contributed by atoms with Crippen LogP contribution in [-0.4, -0.2) is 29.2 Å². The van der Waals surface area contributed by atoms with Gasteiger partial charge in [0.15, 0.2) is 0 Å². The van der Waals surface area contributed by atoms with E-state index >= 15 is 0 Å². The SMILES string of the molecule is C#CC(C)NC(=O)NC(CC(=O)O)C1CC1. The van der Waals surface area contributed by atoms with Gasteiger partial charge in [-0.3, -0.25) is 4.79 Å². The molecule has 1 aliphatic carbocycles. The number of carboxylic acids is 1. The van der Waals surface area contributed by atoms with Crippen molar-refractivity contribution in [3.05, 3.63) is 0 Å². The molecule has 0 saturated heterocycles. The summed E-state index contributed by atoms with van der Waals surface area (Å²) in [7, 11) is 0. The number of hydrogen-bond acceptors (Lipinski definition) is 2. The van der Waals surface area contributed by atoms with Gasteiger partial charge in [0.2, 0.25) is 0 Å². The first-order valence-electron chi connectivity index (χ1n) is 5.28. The van der Waals surface area contributed by atoms with Crippen molar-refractivity contribution in [2.45, 2.75) is 38.3 Å². The lowest BCUT2D eigenvalue weighted by atomic mass is 10.1. The van der Waals surface area contributed by atoms with Crippen LogP contribution in [0, 0.1) is 18.3 Å². The average Bonchev–Trinajstić information content (AvgIpc) is 2.98. The molecule has 2 amide bonds. The van der Waals surface area contributed by atoms with Gasteiger partial charge < -0.3 is 15.7 Å². The van der Waals surface area contributed by atoms with E-state index in [0.717, 1.165) is 12.8 Å². The normalized spacial score (nSPS) is 18.0. The molecule has 2 unspecified atom stereocenters. The van der Waals surface area contributed by atoms with Crippen LogP contribution in [0.5, 0.6) is 0 Å². The maximum atomic E-state index is 11.4. The third-order valence-corrected chi connectivity index (χ3v) is 2.50. The van der Waals surface area contributed by atoms with Crippen molar-refractivity contribution < 1.29 is 14.7 Å². The monoisotopic (exact) mass is 224 g/mol. The zero-order chi connectivity index (χ0) is 12.1. The van der Waals surface area contributed by atoms with Gasteiger partial charge in [0.1, 0.15) is 0 Å². The third kappa shape index (κ3) is 4.22. The van der Waals surface area contributed by atoms with Gasteiger partial charge in [-0.2, -0.15) is 0 Å². The molecule has 0 radical (unpaired) electrons. The largest absolute Gasteiger partial charge is 0.481 e. The summed E-state index contributed by atoms with van der Waals surface area (Å²) >= 11 is 0. The quantitative estimate of drug-likeness (QED) is 0.597. The van der Waals surface area contributed by atoms with E-state index in [1.807, 2.05) is 0 Å². The lowest BCUT2D eigenvalue weighted by Crippen LogP contribution is -2.46. The van der Waals surface area contributed by atoms with Crippen LogP contribution in [0.3, 0.4) is 0 Å². The van der Waals surface area contributed by atoms with Gasteiger partial charge in [-0.1, -0.05) is 5.92 Å². The number of carboxylic acid groups (broad SMARTS) is 1. The summed E-state index contributed by atoms with van der Waals surface area (Å²) in [6.07, 6.45) is 7.03. The van der Waals surface area contributed by atoms with Crippen LogP contribution in [-0.2, 0) is 4.79 Å². The van der Waals surface area contributed by atoms with Crippen molar-refractivity contribution in [3.63, 3.8) is 0 Å². The fraction of sp³-hybridized carbons (Fsp3) is 0.636. The second-order valence-corrected chi connectivity index (χ2v) is 4.05. The number of aliphatic carboxylic acids is 1. The second-order valence-electron chi connectivity index (χ2n) is 4.05. The molecule has 0 bridgehead atoms. The molecular formula is C11H16N2O3. The van der Waals surface area contributed by atoms with Crippen LogP contribution in [0.4, 0.5) is 4.79 Å². The molecule has 5 heteroatoms. The molecule has 0 aromatic carbocycles. The highest BCUT2D eigenvalue weighted by Gasteiger charge is 2.33. The molecule has 2 atom stereocenters. The molecule has 1 aliphatic rings. The van der Waals surface area contributed by atoms with E-state index < -0.39 is 12.0 Å². The van der Waals surface area contributed by atoms with Gasteiger partial charge in [0.25, 0.3) is 0 Å². The van der Waals surface area contributed by atoms with E-state index in [-0.39, 0.29) is 18.5 Å². The van der Waals surface area contributed by atoms with Crippen LogP contribution in [0.1, 0.15) is 26.2 Å². The molecule has 0 heterocycles. The Morgan fingerprint density at radius 2 is 2.12 bits per heavy atom. The highest BCUT2D eigenvalue weighted by atomic mass is 16.4. The molecular weight excluding hydrogens is 208 g/mol. The smallest absolute Gasteiger partial charge is 0.315 e. The molecule has 1 fully saturated rings. The fourth-order valence-electron chi connectivity index (χ4n) is 1.47. The van der Waals surface area contributed by atoms with E-state index in [2.05, 4.69) is 16.6 Å². The van der Waals surface area contributed by atoms with Gasteiger partial charge in [-0.25, -0.2) is 4.79 Å². The number of carbonyl (C=O) groups excluding carboxylic acids is 1. The lowest BCUT2D eigenvalue weighted by Gasteiger charge is -2.17. The summed E-state index contributed by atoms with van der Waals surface area (Å²) in [6.45, 7) is 1.68. The predicted molar refractivity (Wildman–Crippen MR) is 58.7 cm³/mol. The van der Waals surface area contributed by atoms with E-state index in [1.54, 1.807) is 6.92 Å². The highest BCUT2D eigenvalue weighted by molar-refractivity contribution is 5.76. The van der Waals surface area contributed by atoms with Crippen LogP contribution in [0.25, 0.3) is 0 Å². The van der Waals surface area contributed by atoms with Gasteiger partial charge in [0.05, 0.1) is 12.5 Å². The zero-order valence-electron chi connectivity index (χ0n) is 9.19. The first-order valence-corrected chi connectivity index (χ1v) is 5.28. The summed E-state index contributed by atoms with van der Waals surface area (Å²) in [6, 6.07) is -1.05. The first-order chi connectivity index (χ1) is 7.52. The number of terminal acetylenes is 1. The molecule has 0 aliphatic heterocycles. The number of hydrogen-bond donors (Lipinski definition) is 3. The molecule has 0 spiro atoms. The van der Waals surface area contributed by atoms with Crippen LogP contribution < -0.4 is 10.6 Å². The average molecular weight is 224 g/mol. The Balaban J connectivity index is 2.39. The van der Waals surface area contributed by atoms with Gasteiger partial charge >= 0.3 is 12.0 Å². The van der Waals surface area contributed by atoms with E-state index in [0.29, 0.717) is 5.92 Å². The molecule has 16 heavy (non-hydrogen) atoms. The van der Waals surface area contributed by atoms with E-state index in [4.69, 9.17) is 11.5 Å². The first kappa shape index (κ1) is 12.4. The Morgan fingerprint density at radius 3 is 2.56 bits per heavy atom. The minimum atomic E-state index is -0.901. The number of nitrogens with one attached hydrogen (secondary N) is 2. The molecule has 1 saturated carbocycles. The Kier molecular flexibility index (Phi) is 4.18. The van der Waals surface area contributed by atoms with Gasteiger partial charge in [-0.15, -0.1) is 6.42 Å². The van der Waals surface area contributed by atoms with Crippen LogP contribution in [0.15, 0.2) is 0 Å². The van der Waals surface area contributed by atoms with Crippen molar-refractivity contribution in [1.82, 2.24) is 10.6 Å². The molecule has 5 nitrogen and oxygen atoms in total. The summed E-state index contributed by atoms with van der Waals surface area (Å²) < 4.78 is 0. The van der Waals surface area contributed by atoms with Crippen molar-refractivity contribution in [2.75, 3.05) is 0 Å².